The number of nitrogens with one attached hydrogen (secondary N) is 1. The Morgan fingerprint density at radius 2 is 1.87 bits per heavy atom. The number of benzene rings is 1. The van der Waals surface area contributed by atoms with Crippen molar-refractivity contribution in [2.24, 2.45) is 0 Å². The Morgan fingerprint density at radius 1 is 1.00 bits per heavy atom. The number of hydrogen-bond acceptors (Lipinski definition) is 5. The lowest BCUT2D eigenvalue weighted by atomic mass is 10.1. The lowest BCUT2D eigenvalue weighted by Gasteiger charge is -2.43. The predicted octanol–water partition coefficient (Wildman–Crippen LogP) is 3.09. The summed E-state index contributed by atoms with van der Waals surface area (Å²) in [6, 6.07) is 9.92. The smallest absolute Gasteiger partial charge is 0.147 e. The Morgan fingerprint density at radius 3 is 2.83 bits per heavy atom. The van der Waals surface area contributed by atoms with E-state index >= 15 is 0 Å². The monoisotopic (exact) mass is 407 g/mol. The number of anilines is 1. The minimum Gasteiger partial charge on any atom is -0.492 e. The van der Waals surface area contributed by atoms with Crippen molar-refractivity contribution in [3.05, 3.63) is 48.5 Å². The van der Waals surface area contributed by atoms with E-state index in [1.807, 2.05) is 35.0 Å². The second-order valence-corrected chi connectivity index (χ2v) is 8.59. The third kappa shape index (κ3) is 3.13. The average molecular weight is 407 g/mol. The molecular weight excluding hydrogens is 381 g/mol. The van der Waals surface area contributed by atoms with E-state index in [-0.39, 0.29) is 5.82 Å². The summed E-state index contributed by atoms with van der Waals surface area (Å²) in [7, 11) is 0. The van der Waals surface area contributed by atoms with Gasteiger partial charge in [0, 0.05) is 55.7 Å². The molecule has 30 heavy (non-hydrogen) atoms. The minimum absolute atomic E-state index is 0.262. The molecule has 3 aliphatic rings. The molecule has 2 aromatic heterocycles. The highest BCUT2D eigenvalue weighted by Crippen LogP contribution is 2.32. The number of piperazine rings is 1. The van der Waals surface area contributed by atoms with Gasteiger partial charge in [-0.05, 0) is 49.7 Å². The lowest BCUT2D eigenvalue weighted by molar-refractivity contribution is 0.0301. The highest BCUT2D eigenvalue weighted by molar-refractivity contribution is 5.80. The van der Waals surface area contributed by atoms with Crippen LogP contribution in [0.25, 0.3) is 16.8 Å². The standard InChI is InChI=1S/C23H26FN5O/c24-21-4-3-18-12-20(21)19-5-9-27-10-6-22(26-23(19)27)25-7-11-29-13-16-2-1-8-28(16)14-17(29)15-30-18/h3-6,9-10,12,16-17H,1-2,7-8,11,13-15H2,(H,25,26)/t16?,17-/m0/s1. The quantitative estimate of drug-likeness (QED) is 0.621. The van der Waals surface area contributed by atoms with Gasteiger partial charge >= 0.3 is 0 Å². The van der Waals surface area contributed by atoms with Crippen LogP contribution in [0.4, 0.5) is 10.2 Å². The summed E-state index contributed by atoms with van der Waals surface area (Å²) in [5.41, 5.74) is 2.04. The van der Waals surface area contributed by atoms with Gasteiger partial charge in [0.05, 0.1) is 6.04 Å². The van der Waals surface area contributed by atoms with E-state index in [1.54, 1.807) is 6.07 Å². The van der Waals surface area contributed by atoms with Crippen molar-refractivity contribution in [3.8, 4) is 16.9 Å². The second-order valence-electron chi connectivity index (χ2n) is 8.59. The first-order valence-corrected chi connectivity index (χ1v) is 10.9. The lowest BCUT2D eigenvalue weighted by Crippen LogP contribution is -2.58. The van der Waals surface area contributed by atoms with Crippen LogP contribution in [0.5, 0.6) is 5.75 Å². The van der Waals surface area contributed by atoms with Crippen molar-refractivity contribution >= 4 is 11.5 Å². The summed E-state index contributed by atoms with van der Waals surface area (Å²) in [6.07, 6.45) is 6.46. The molecule has 6 rings (SSSR count). The second kappa shape index (κ2) is 7.25. The first kappa shape index (κ1) is 18.2. The van der Waals surface area contributed by atoms with Crippen molar-refractivity contribution in [1.82, 2.24) is 19.2 Å². The van der Waals surface area contributed by atoms with Crippen LogP contribution < -0.4 is 10.1 Å². The van der Waals surface area contributed by atoms with Crippen molar-refractivity contribution in [2.75, 3.05) is 44.6 Å². The molecule has 0 spiro atoms. The normalized spacial score (nSPS) is 24.7. The first-order valence-electron chi connectivity index (χ1n) is 10.9. The van der Waals surface area contributed by atoms with Gasteiger partial charge in [-0.2, -0.15) is 0 Å². The molecule has 6 nitrogen and oxygen atoms in total. The Kier molecular flexibility index (Phi) is 4.39. The maximum absolute atomic E-state index is 14.7. The average Bonchev–Trinajstić information content (AvgIpc) is 3.38. The van der Waals surface area contributed by atoms with E-state index in [9.17, 15) is 4.39 Å². The van der Waals surface area contributed by atoms with E-state index in [2.05, 4.69) is 15.1 Å². The van der Waals surface area contributed by atoms with Crippen LogP contribution >= 0.6 is 0 Å². The molecule has 3 aromatic rings. The van der Waals surface area contributed by atoms with E-state index in [4.69, 9.17) is 9.72 Å². The number of aromatic nitrogens is 2. The number of fused-ring (bicyclic) bond motifs is 6. The summed E-state index contributed by atoms with van der Waals surface area (Å²) in [4.78, 5) is 9.94. The summed E-state index contributed by atoms with van der Waals surface area (Å²) in [6.45, 7) is 5.69. The van der Waals surface area contributed by atoms with Crippen molar-refractivity contribution < 1.29 is 9.13 Å². The van der Waals surface area contributed by atoms with Crippen LogP contribution in [-0.4, -0.2) is 70.6 Å². The van der Waals surface area contributed by atoms with Gasteiger partial charge in [-0.15, -0.1) is 0 Å². The number of nitrogens with zero attached hydrogens (tertiary/aromatic N) is 4. The molecule has 4 bridgehead atoms. The number of rotatable bonds is 0. The molecule has 7 heteroatoms. The molecular formula is C23H26FN5O. The molecule has 2 atom stereocenters. The van der Waals surface area contributed by atoms with Gasteiger partial charge in [0.1, 0.15) is 29.6 Å². The molecule has 0 saturated carbocycles. The van der Waals surface area contributed by atoms with Gasteiger partial charge in [-0.1, -0.05) is 0 Å². The third-order valence-electron chi connectivity index (χ3n) is 6.79. The summed E-state index contributed by atoms with van der Waals surface area (Å²) < 4.78 is 22.9. The SMILES string of the molecule is Fc1ccc2cc1-c1ccn3ccc(nc13)NCCN1CC3CCCN3C[C@H]1CO2. The molecule has 1 unspecified atom stereocenters. The van der Waals surface area contributed by atoms with E-state index in [0.29, 0.717) is 30.0 Å². The number of halogens is 1. The highest BCUT2D eigenvalue weighted by Gasteiger charge is 2.36. The molecule has 2 saturated heterocycles. The zero-order valence-electron chi connectivity index (χ0n) is 16.9. The van der Waals surface area contributed by atoms with Crippen molar-refractivity contribution in [1.29, 1.82) is 0 Å². The van der Waals surface area contributed by atoms with Crippen LogP contribution in [0.2, 0.25) is 0 Å². The summed E-state index contributed by atoms with van der Waals surface area (Å²) >= 11 is 0. The van der Waals surface area contributed by atoms with Crippen LogP contribution in [0, 0.1) is 5.82 Å². The number of hydrogen-bond donors (Lipinski definition) is 1. The Balaban J connectivity index is 1.39. The zero-order valence-corrected chi connectivity index (χ0v) is 16.9. The van der Waals surface area contributed by atoms with Gasteiger partial charge in [0.2, 0.25) is 0 Å². The largest absolute Gasteiger partial charge is 0.492 e. The van der Waals surface area contributed by atoms with Crippen molar-refractivity contribution in [2.45, 2.75) is 24.9 Å². The molecule has 3 aliphatic heterocycles. The molecule has 0 aliphatic carbocycles. The van der Waals surface area contributed by atoms with Gasteiger partial charge < -0.3 is 14.5 Å². The highest BCUT2D eigenvalue weighted by atomic mass is 19.1. The minimum atomic E-state index is -0.262. The van der Waals surface area contributed by atoms with Crippen LogP contribution in [0.15, 0.2) is 42.7 Å². The third-order valence-corrected chi connectivity index (χ3v) is 6.79. The van der Waals surface area contributed by atoms with Crippen LogP contribution in [0.1, 0.15) is 12.8 Å². The van der Waals surface area contributed by atoms with E-state index < -0.39 is 0 Å². The summed E-state index contributed by atoms with van der Waals surface area (Å²) in [5.74, 6) is 1.27. The van der Waals surface area contributed by atoms with Gasteiger partial charge in [-0.3, -0.25) is 9.80 Å². The van der Waals surface area contributed by atoms with Gasteiger partial charge in [-0.25, -0.2) is 9.37 Å². The Labute approximate surface area is 175 Å². The fourth-order valence-corrected chi connectivity index (χ4v) is 5.19. The van der Waals surface area contributed by atoms with Crippen molar-refractivity contribution in [3.63, 3.8) is 0 Å². The van der Waals surface area contributed by atoms with Gasteiger partial charge in [0.25, 0.3) is 0 Å². The molecule has 5 heterocycles. The summed E-state index contributed by atoms with van der Waals surface area (Å²) in [5, 5.41) is 3.47. The molecule has 2 fully saturated rings. The topological polar surface area (TPSA) is 45.0 Å². The molecule has 0 amide bonds. The molecule has 156 valence electrons. The Hall–Kier alpha value is -2.64. The maximum atomic E-state index is 14.7. The van der Waals surface area contributed by atoms with Crippen LogP contribution in [0.3, 0.4) is 0 Å². The van der Waals surface area contributed by atoms with Crippen LogP contribution in [-0.2, 0) is 0 Å². The molecule has 0 radical (unpaired) electrons. The molecule has 1 N–H and O–H groups in total. The van der Waals surface area contributed by atoms with E-state index in [0.717, 1.165) is 43.2 Å². The van der Waals surface area contributed by atoms with Gasteiger partial charge in [0.15, 0.2) is 0 Å². The zero-order chi connectivity index (χ0) is 20.1. The maximum Gasteiger partial charge on any atom is 0.147 e. The fourth-order valence-electron chi connectivity index (χ4n) is 5.19. The first-order chi connectivity index (χ1) is 14.7. The Bertz CT molecular complexity index is 1080. The fraction of sp³-hybridized carbons (Fsp3) is 0.435. The van der Waals surface area contributed by atoms with E-state index in [1.165, 1.54) is 25.5 Å². The molecule has 1 aromatic carbocycles. The number of ether oxygens (including phenoxy) is 1. The predicted molar refractivity (Wildman–Crippen MR) is 115 cm³/mol.